The second kappa shape index (κ2) is 5.29. The molecule has 1 aromatic heterocycles. The minimum absolute atomic E-state index is 0.222. The van der Waals surface area contributed by atoms with Gasteiger partial charge in [0.15, 0.2) is 0 Å². The zero-order valence-electron chi connectivity index (χ0n) is 10.3. The summed E-state index contributed by atoms with van der Waals surface area (Å²) in [6, 6.07) is 0.860. The van der Waals surface area contributed by atoms with Crippen LogP contribution in [0.3, 0.4) is 0 Å². The van der Waals surface area contributed by atoms with Gasteiger partial charge in [0.25, 0.3) is 0 Å². The molecule has 112 valence electrons. The van der Waals surface area contributed by atoms with E-state index in [4.69, 9.17) is 4.74 Å². The van der Waals surface area contributed by atoms with E-state index in [1.807, 2.05) is 0 Å². The minimum atomic E-state index is -5.60. The summed E-state index contributed by atoms with van der Waals surface area (Å²) in [6.07, 6.45) is -4.04. The van der Waals surface area contributed by atoms with Gasteiger partial charge in [0.1, 0.15) is 5.76 Å². The Hall–Kier alpha value is -0.630. The largest absolute Gasteiger partial charge is 0.493 e. The first-order valence-electron chi connectivity index (χ1n) is 5.78. The molecule has 0 bridgehead atoms. The molecule has 8 heteroatoms. The quantitative estimate of drug-likeness (QED) is 0.483. The van der Waals surface area contributed by atoms with E-state index >= 15 is 0 Å². The molecule has 1 aliphatic rings. The van der Waals surface area contributed by atoms with Crippen LogP contribution in [0.2, 0.25) is 0 Å². The predicted octanol–water partition coefficient (Wildman–Crippen LogP) is 5.71. The lowest BCUT2D eigenvalue weighted by Gasteiger charge is -2.17. The molecule has 0 aliphatic heterocycles. The summed E-state index contributed by atoms with van der Waals surface area (Å²) in [5, 5.41) is 0. The van der Waals surface area contributed by atoms with Crippen LogP contribution in [-0.4, -0.2) is 12.8 Å². The topological polar surface area (TPSA) is 9.23 Å². The fourth-order valence-electron chi connectivity index (χ4n) is 1.62. The molecule has 20 heavy (non-hydrogen) atoms. The zero-order valence-corrected chi connectivity index (χ0v) is 12.7. The molecule has 1 fully saturated rings. The Morgan fingerprint density at radius 2 is 1.90 bits per heavy atom. The molecule has 0 spiro atoms. The number of rotatable bonds is 4. The fourth-order valence-corrected chi connectivity index (χ4v) is 3.32. The molecular weight excluding hydrogens is 367 g/mol. The van der Waals surface area contributed by atoms with Gasteiger partial charge in [-0.3, -0.25) is 0 Å². The zero-order chi connectivity index (χ0) is 15.1. The van der Waals surface area contributed by atoms with Crippen molar-refractivity contribution in [2.24, 2.45) is 0 Å². The van der Waals surface area contributed by atoms with Crippen molar-refractivity contribution >= 4 is 33.0 Å². The smallest absolute Gasteiger partial charge is 0.458 e. The number of ether oxygens (including phenoxy) is 1. The molecule has 0 atom stereocenters. The van der Waals surface area contributed by atoms with Gasteiger partial charge in [-0.1, -0.05) is 0 Å². The van der Waals surface area contributed by atoms with Crippen molar-refractivity contribution in [2.75, 3.05) is 6.61 Å². The Morgan fingerprint density at radius 3 is 2.35 bits per heavy atom. The molecular formula is C12H10BrF5OS. The summed E-state index contributed by atoms with van der Waals surface area (Å²) >= 11 is 3.43. The van der Waals surface area contributed by atoms with E-state index in [1.54, 1.807) is 6.92 Å². The van der Waals surface area contributed by atoms with Crippen molar-refractivity contribution in [3.63, 3.8) is 0 Å². The van der Waals surface area contributed by atoms with Gasteiger partial charge < -0.3 is 4.74 Å². The maximum Gasteiger partial charge on any atom is 0.458 e. The molecule has 0 saturated heterocycles. The average Bonchev–Trinajstić information content (AvgIpc) is 3.08. The Bertz CT molecular complexity index is 541. The van der Waals surface area contributed by atoms with Crippen LogP contribution in [0.15, 0.2) is 15.4 Å². The molecule has 1 aliphatic carbocycles. The lowest BCUT2D eigenvalue weighted by atomic mass is 10.2. The van der Waals surface area contributed by atoms with Crippen LogP contribution in [0.1, 0.15) is 30.2 Å². The summed E-state index contributed by atoms with van der Waals surface area (Å²) in [5.74, 6) is -4.44. The highest BCUT2D eigenvalue weighted by molar-refractivity contribution is 9.11. The standard InChI is InChI=1S/C12H10BrF5OS/c1-2-19-9(6-3-4-6)7-5-8(20-10(7)13)11(14,15)12(16,17)18/h5H,2-4H2,1H3. The van der Waals surface area contributed by atoms with Gasteiger partial charge in [0.2, 0.25) is 0 Å². The van der Waals surface area contributed by atoms with E-state index in [2.05, 4.69) is 15.9 Å². The monoisotopic (exact) mass is 376 g/mol. The van der Waals surface area contributed by atoms with E-state index in [0.717, 1.165) is 24.5 Å². The van der Waals surface area contributed by atoms with Crippen LogP contribution < -0.4 is 0 Å². The maximum absolute atomic E-state index is 13.3. The van der Waals surface area contributed by atoms with E-state index < -0.39 is 17.0 Å². The fraction of sp³-hybridized carbons (Fsp3) is 0.500. The Morgan fingerprint density at radius 1 is 1.30 bits per heavy atom. The average molecular weight is 377 g/mol. The van der Waals surface area contributed by atoms with E-state index in [0.29, 0.717) is 23.7 Å². The molecule has 2 rings (SSSR count). The number of thiophene rings is 1. The highest BCUT2D eigenvalue weighted by Crippen LogP contribution is 2.50. The number of allylic oxidation sites excluding steroid dienone is 1. The van der Waals surface area contributed by atoms with Crippen molar-refractivity contribution in [1.82, 2.24) is 0 Å². The lowest BCUT2D eigenvalue weighted by Crippen LogP contribution is -2.32. The van der Waals surface area contributed by atoms with Crippen molar-refractivity contribution in [1.29, 1.82) is 0 Å². The third-order valence-corrected chi connectivity index (χ3v) is 4.61. The predicted molar refractivity (Wildman–Crippen MR) is 69.7 cm³/mol. The van der Waals surface area contributed by atoms with Crippen molar-refractivity contribution < 1.29 is 26.7 Å². The summed E-state index contributed by atoms with van der Waals surface area (Å²) in [6.45, 7) is 2.06. The van der Waals surface area contributed by atoms with E-state index in [1.165, 1.54) is 0 Å². The van der Waals surface area contributed by atoms with Crippen LogP contribution in [-0.2, 0) is 10.7 Å². The van der Waals surface area contributed by atoms with Crippen LogP contribution in [0, 0.1) is 0 Å². The van der Waals surface area contributed by atoms with Gasteiger partial charge in [0, 0.05) is 5.56 Å². The van der Waals surface area contributed by atoms with Crippen LogP contribution in [0.25, 0.3) is 5.76 Å². The molecule has 1 aromatic rings. The summed E-state index contributed by atoms with van der Waals surface area (Å²) in [5.41, 5.74) is 1.20. The molecule has 0 amide bonds. The Balaban J connectivity index is 2.43. The summed E-state index contributed by atoms with van der Waals surface area (Å²) in [7, 11) is 0. The van der Waals surface area contributed by atoms with Crippen molar-refractivity contribution in [3.05, 3.63) is 25.9 Å². The normalized spacial score (nSPS) is 15.4. The summed E-state index contributed by atoms with van der Waals surface area (Å²) in [4.78, 5) is -1.04. The third kappa shape index (κ3) is 2.86. The number of halogens is 6. The highest BCUT2D eigenvalue weighted by Gasteiger charge is 2.59. The first-order chi connectivity index (χ1) is 9.18. The van der Waals surface area contributed by atoms with E-state index in [-0.39, 0.29) is 9.35 Å². The SMILES string of the molecule is CCOC(=C1CC1)c1cc(C(F)(F)C(F)(F)F)sc1Br. The highest BCUT2D eigenvalue weighted by atomic mass is 79.9. The number of hydrogen-bond acceptors (Lipinski definition) is 2. The van der Waals surface area contributed by atoms with Crippen molar-refractivity contribution in [3.8, 4) is 0 Å². The molecule has 1 saturated carbocycles. The van der Waals surface area contributed by atoms with Crippen LogP contribution in [0.5, 0.6) is 0 Å². The van der Waals surface area contributed by atoms with Gasteiger partial charge in [-0.15, -0.1) is 11.3 Å². The van der Waals surface area contributed by atoms with Crippen molar-refractivity contribution in [2.45, 2.75) is 31.9 Å². The maximum atomic E-state index is 13.3. The van der Waals surface area contributed by atoms with Gasteiger partial charge in [-0.05, 0) is 47.3 Å². The van der Waals surface area contributed by atoms with E-state index in [9.17, 15) is 22.0 Å². The first-order valence-corrected chi connectivity index (χ1v) is 7.39. The molecule has 0 aromatic carbocycles. The Kier molecular flexibility index (Phi) is 4.17. The minimum Gasteiger partial charge on any atom is -0.493 e. The van der Waals surface area contributed by atoms with Crippen LogP contribution in [0.4, 0.5) is 22.0 Å². The van der Waals surface area contributed by atoms with Gasteiger partial charge in [-0.25, -0.2) is 0 Å². The summed E-state index contributed by atoms with van der Waals surface area (Å²) < 4.78 is 69.4. The van der Waals surface area contributed by atoms with Gasteiger partial charge in [0.05, 0.1) is 15.3 Å². The molecule has 0 unspecified atom stereocenters. The first kappa shape index (κ1) is 15.8. The second-order valence-electron chi connectivity index (χ2n) is 4.24. The van der Waals surface area contributed by atoms with Crippen LogP contribution >= 0.6 is 27.3 Å². The molecule has 0 N–H and O–H groups in total. The molecule has 1 nitrogen and oxygen atoms in total. The third-order valence-electron chi connectivity index (χ3n) is 2.71. The number of hydrogen-bond donors (Lipinski definition) is 0. The molecule has 1 heterocycles. The van der Waals surface area contributed by atoms with Gasteiger partial charge in [-0.2, -0.15) is 22.0 Å². The molecule has 0 radical (unpaired) electrons. The number of alkyl halides is 5. The lowest BCUT2D eigenvalue weighted by molar-refractivity contribution is -0.287. The second-order valence-corrected chi connectivity index (χ2v) is 6.61. The van der Waals surface area contributed by atoms with Gasteiger partial charge >= 0.3 is 12.1 Å². The Labute approximate surface area is 124 Å².